The van der Waals surface area contributed by atoms with Crippen LogP contribution in [0.5, 0.6) is 11.5 Å². The normalized spacial score (nSPS) is 10.3. The minimum absolute atomic E-state index is 0. The number of aromatic nitrogens is 4. The van der Waals surface area contributed by atoms with E-state index < -0.39 is 0 Å². The molecule has 1 heterocycles. The first-order valence-corrected chi connectivity index (χ1v) is 8.41. The van der Waals surface area contributed by atoms with Gasteiger partial charge in [-0.3, -0.25) is 4.79 Å². The molecule has 3 rings (SSSR count). The SMILES string of the molecule is CCCc1c(COc2ccc(-c3nn[nH]n3)cc2)ccc(C(C)=O)c1O.[Na]. The van der Waals surface area contributed by atoms with Crippen molar-refractivity contribution in [2.45, 2.75) is 33.3 Å². The molecule has 3 aromatic rings. The fraction of sp³-hybridized carbons (Fsp3) is 0.263. The first-order valence-electron chi connectivity index (χ1n) is 8.41. The largest absolute Gasteiger partial charge is 0.507 e. The summed E-state index contributed by atoms with van der Waals surface area (Å²) in [6, 6.07) is 10.8. The van der Waals surface area contributed by atoms with Gasteiger partial charge in [0.15, 0.2) is 5.78 Å². The Hall–Kier alpha value is -2.22. The third-order valence-electron chi connectivity index (χ3n) is 4.11. The summed E-state index contributed by atoms with van der Waals surface area (Å²) in [6.45, 7) is 3.79. The molecule has 0 aliphatic rings. The van der Waals surface area contributed by atoms with Gasteiger partial charge in [0.2, 0.25) is 5.82 Å². The molecule has 0 fully saturated rings. The Labute approximate surface area is 179 Å². The molecule has 0 atom stereocenters. The van der Waals surface area contributed by atoms with Crippen molar-refractivity contribution in [1.82, 2.24) is 20.6 Å². The van der Waals surface area contributed by atoms with Crippen molar-refractivity contribution in [2.24, 2.45) is 0 Å². The molecule has 0 aliphatic heterocycles. The second-order valence-electron chi connectivity index (χ2n) is 5.95. The quantitative estimate of drug-likeness (QED) is 0.486. The Morgan fingerprint density at radius 3 is 2.52 bits per heavy atom. The topological polar surface area (TPSA) is 101 Å². The molecule has 0 spiro atoms. The zero-order valence-electron chi connectivity index (χ0n) is 15.7. The Bertz CT molecular complexity index is 896. The molecular formula is C19H20N4NaO3. The summed E-state index contributed by atoms with van der Waals surface area (Å²) in [5, 5.41) is 24.2. The molecule has 2 aromatic carbocycles. The van der Waals surface area contributed by atoms with E-state index in [2.05, 4.69) is 20.6 Å². The third kappa shape index (κ3) is 4.94. The predicted molar refractivity (Wildman–Crippen MR) is 102 cm³/mol. The number of hydrogen-bond acceptors (Lipinski definition) is 6. The van der Waals surface area contributed by atoms with Crippen LogP contribution < -0.4 is 4.74 Å². The fourth-order valence-electron chi connectivity index (χ4n) is 2.77. The molecule has 1 radical (unpaired) electrons. The van der Waals surface area contributed by atoms with Crippen molar-refractivity contribution >= 4 is 35.3 Å². The van der Waals surface area contributed by atoms with Gasteiger partial charge < -0.3 is 9.84 Å². The van der Waals surface area contributed by atoms with Crippen molar-refractivity contribution in [3.8, 4) is 22.9 Å². The van der Waals surface area contributed by atoms with Gasteiger partial charge in [0.25, 0.3) is 0 Å². The maximum Gasteiger partial charge on any atom is 0.204 e. The minimum Gasteiger partial charge on any atom is -0.507 e. The summed E-state index contributed by atoms with van der Waals surface area (Å²) in [4.78, 5) is 11.6. The molecule has 8 heteroatoms. The predicted octanol–water partition coefficient (Wildman–Crippen LogP) is 2.93. The van der Waals surface area contributed by atoms with Crippen molar-refractivity contribution < 1.29 is 14.6 Å². The van der Waals surface area contributed by atoms with Crippen molar-refractivity contribution in [3.63, 3.8) is 0 Å². The number of carbonyl (C=O) groups excluding carboxylic acids is 1. The number of nitrogens with one attached hydrogen (secondary N) is 1. The van der Waals surface area contributed by atoms with Gasteiger partial charge in [-0.05, 0) is 54.5 Å². The van der Waals surface area contributed by atoms with Crippen LogP contribution >= 0.6 is 0 Å². The van der Waals surface area contributed by atoms with Crippen LogP contribution in [0.25, 0.3) is 11.4 Å². The van der Waals surface area contributed by atoms with E-state index in [-0.39, 0.29) is 41.1 Å². The Kier molecular flexibility index (Phi) is 7.53. The number of aromatic amines is 1. The van der Waals surface area contributed by atoms with Crippen molar-refractivity contribution in [3.05, 3.63) is 53.1 Å². The number of hydrogen-bond donors (Lipinski definition) is 2. The second kappa shape index (κ2) is 9.64. The zero-order valence-corrected chi connectivity index (χ0v) is 17.7. The number of nitrogens with zero attached hydrogens (tertiary/aromatic N) is 3. The van der Waals surface area contributed by atoms with Crippen LogP contribution in [0.4, 0.5) is 0 Å². The number of ketones is 1. The number of phenolic OH excluding ortho intramolecular Hbond substituents is 1. The van der Waals surface area contributed by atoms with E-state index in [9.17, 15) is 9.90 Å². The Balaban J connectivity index is 0.00000261. The molecule has 135 valence electrons. The number of phenols is 1. The van der Waals surface area contributed by atoms with Gasteiger partial charge in [-0.25, -0.2) is 0 Å². The molecule has 0 bridgehead atoms. The molecular weight excluding hydrogens is 355 g/mol. The Morgan fingerprint density at radius 2 is 1.93 bits per heavy atom. The monoisotopic (exact) mass is 375 g/mol. The summed E-state index contributed by atoms with van der Waals surface area (Å²) in [6.07, 6.45) is 1.55. The molecule has 0 aliphatic carbocycles. The fourth-order valence-corrected chi connectivity index (χ4v) is 2.77. The van der Waals surface area contributed by atoms with Gasteiger partial charge in [-0.1, -0.05) is 19.4 Å². The summed E-state index contributed by atoms with van der Waals surface area (Å²) in [5.41, 5.74) is 2.82. The number of ether oxygens (including phenoxy) is 1. The zero-order chi connectivity index (χ0) is 18.5. The summed E-state index contributed by atoms with van der Waals surface area (Å²) in [5.74, 6) is 1.12. The van der Waals surface area contributed by atoms with Crippen molar-refractivity contribution in [1.29, 1.82) is 0 Å². The van der Waals surface area contributed by atoms with E-state index in [1.807, 2.05) is 37.3 Å². The number of aromatic hydroxyl groups is 1. The van der Waals surface area contributed by atoms with Crippen LogP contribution in [0.1, 0.15) is 41.8 Å². The number of Topliss-reactive ketones (excluding diaryl/α,β-unsaturated/α-hetero) is 1. The molecule has 1 aromatic heterocycles. The first-order chi connectivity index (χ1) is 12.6. The molecule has 7 nitrogen and oxygen atoms in total. The molecule has 0 unspecified atom stereocenters. The van der Waals surface area contributed by atoms with Crippen LogP contribution in [0, 0.1) is 0 Å². The number of benzene rings is 2. The van der Waals surface area contributed by atoms with Gasteiger partial charge >= 0.3 is 0 Å². The first kappa shape index (κ1) is 21.1. The van der Waals surface area contributed by atoms with Crippen LogP contribution in [-0.2, 0) is 13.0 Å². The van der Waals surface area contributed by atoms with Crippen LogP contribution in [-0.4, -0.2) is 61.1 Å². The Morgan fingerprint density at radius 1 is 1.19 bits per heavy atom. The van der Waals surface area contributed by atoms with Crippen LogP contribution in [0.15, 0.2) is 36.4 Å². The number of rotatable bonds is 7. The van der Waals surface area contributed by atoms with Gasteiger partial charge in [0.05, 0.1) is 5.56 Å². The average Bonchev–Trinajstić information content (AvgIpc) is 3.17. The van der Waals surface area contributed by atoms with Crippen LogP contribution in [0.3, 0.4) is 0 Å². The van der Waals surface area contributed by atoms with E-state index in [0.29, 0.717) is 30.2 Å². The van der Waals surface area contributed by atoms with Crippen LogP contribution in [0.2, 0.25) is 0 Å². The second-order valence-corrected chi connectivity index (χ2v) is 5.95. The summed E-state index contributed by atoms with van der Waals surface area (Å²) in [7, 11) is 0. The summed E-state index contributed by atoms with van der Waals surface area (Å²) >= 11 is 0. The molecule has 2 N–H and O–H groups in total. The molecule has 27 heavy (non-hydrogen) atoms. The standard InChI is InChI=1S/C19H20N4O3.Na/c1-3-4-17-14(7-10-16(12(2)24)18(17)25)11-26-15-8-5-13(6-9-15)19-20-22-23-21-19;/h5-10,25H,3-4,11H2,1-2H3,(H,20,21,22,23);. The van der Waals surface area contributed by atoms with E-state index >= 15 is 0 Å². The van der Waals surface area contributed by atoms with Gasteiger partial charge in [-0.2, -0.15) is 5.21 Å². The van der Waals surface area contributed by atoms with E-state index in [1.54, 1.807) is 6.07 Å². The molecule has 0 saturated heterocycles. The molecule has 0 saturated carbocycles. The smallest absolute Gasteiger partial charge is 0.204 e. The van der Waals surface area contributed by atoms with Gasteiger partial charge in [-0.15, -0.1) is 10.2 Å². The average molecular weight is 375 g/mol. The third-order valence-corrected chi connectivity index (χ3v) is 4.11. The van der Waals surface area contributed by atoms with E-state index in [1.165, 1.54) is 6.92 Å². The number of carbonyl (C=O) groups is 1. The maximum absolute atomic E-state index is 11.6. The van der Waals surface area contributed by atoms with Crippen molar-refractivity contribution in [2.75, 3.05) is 0 Å². The number of H-pyrrole nitrogens is 1. The summed E-state index contributed by atoms with van der Waals surface area (Å²) < 4.78 is 5.85. The maximum atomic E-state index is 11.6. The van der Waals surface area contributed by atoms with Gasteiger partial charge in [0, 0.05) is 40.7 Å². The number of tetrazole rings is 1. The molecule has 0 amide bonds. The van der Waals surface area contributed by atoms with E-state index in [4.69, 9.17) is 4.74 Å². The van der Waals surface area contributed by atoms with Gasteiger partial charge in [0.1, 0.15) is 18.1 Å². The minimum atomic E-state index is -0.149. The van der Waals surface area contributed by atoms with E-state index in [0.717, 1.165) is 23.1 Å².